The normalized spacial score (nSPS) is 19.0. The molecule has 0 aliphatic carbocycles. The van der Waals surface area contributed by atoms with Gasteiger partial charge in [-0.3, -0.25) is 0 Å². The quantitative estimate of drug-likeness (QED) is 0.837. The largest absolute Gasteiger partial charge is 0.496 e. The fourth-order valence-corrected chi connectivity index (χ4v) is 2.42. The van der Waals surface area contributed by atoms with Crippen LogP contribution in [0, 0.1) is 6.92 Å². The number of methoxy groups -OCH3 is 1. The van der Waals surface area contributed by atoms with Crippen LogP contribution in [-0.2, 0) is 6.42 Å². The van der Waals surface area contributed by atoms with E-state index in [1.807, 2.05) is 13.0 Å². The van der Waals surface area contributed by atoms with Crippen LogP contribution >= 0.6 is 0 Å². The number of aliphatic hydroxyl groups is 1. The minimum Gasteiger partial charge on any atom is -0.496 e. The van der Waals surface area contributed by atoms with E-state index in [9.17, 15) is 5.11 Å². The Morgan fingerprint density at radius 1 is 1.35 bits per heavy atom. The summed E-state index contributed by atoms with van der Waals surface area (Å²) < 4.78 is 5.31. The minimum absolute atomic E-state index is 0.550. The Bertz CT molecular complexity index is 384. The van der Waals surface area contributed by atoms with Crippen molar-refractivity contribution in [2.24, 2.45) is 0 Å². The molecule has 0 radical (unpaired) electrons. The van der Waals surface area contributed by atoms with Gasteiger partial charge in [-0.25, -0.2) is 0 Å². The fraction of sp³-hybridized carbons (Fsp3) is 0.571. The Kier molecular flexibility index (Phi) is 3.69. The van der Waals surface area contributed by atoms with Gasteiger partial charge in [-0.1, -0.05) is 12.1 Å². The summed E-state index contributed by atoms with van der Waals surface area (Å²) >= 11 is 0. The van der Waals surface area contributed by atoms with E-state index in [-0.39, 0.29) is 0 Å². The van der Waals surface area contributed by atoms with Gasteiger partial charge >= 0.3 is 0 Å². The molecule has 2 N–H and O–H groups in total. The van der Waals surface area contributed by atoms with Crippen LogP contribution in [0.1, 0.15) is 24.0 Å². The van der Waals surface area contributed by atoms with Gasteiger partial charge < -0.3 is 15.2 Å². The third kappa shape index (κ3) is 2.99. The first kappa shape index (κ1) is 12.4. The van der Waals surface area contributed by atoms with E-state index in [4.69, 9.17) is 4.74 Å². The van der Waals surface area contributed by atoms with Gasteiger partial charge in [-0.15, -0.1) is 0 Å². The molecule has 3 heteroatoms. The first-order chi connectivity index (χ1) is 8.13. The van der Waals surface area contributed by atoms with Crippen LogP contribution in [-0.4, -0.2) is 30.9 Å². The average molecular weight is 235 g/mol. The van der Waals surface area contributed by atoms with Crippen molar-refractivity contribution in [1.82, 2.24) is 5.32 Å². The van der Waals surface area contributed by atoms with Crippen molar-refractivity contribution in [3.8, 4) is 5.75 Å². The molecule has 3 nitrogen and oxygen atoms in total. The molecule has 0 bridgehead atoms. The summed E-state index contributed by atoms with van der Waals surface area (Å²) in [5.74, 6) is 0.903. The van der Waals surface area contributed by atoms with Gasteiger partial charge in [0.1, 0.15) is 5.75 Å². The second-order valence-electron chi connectivity index (χ2n) is 4.96. The van der Waals surface area contributed by atoms with Crippen LogP contribution in [0.4, 0.5) is 0 Å². The van der Waals surface area contributed by atoms with E-state index in [2.05, 4.69) is 17.4 Å². The summed E-state index contributed by atoms with van der Waals surface area (Å²) in [4.78, 5) is 0. The highest BCUT2D eigenvalue weighted by atomic mass is 16.5. The number of benzene rings is 1. The van der Waals surface area contributed by atoms with E-state index in [0.717, 1.165) is 42.8 Å². The number of piperidine rings is 1. The van der Waals surface area contributed by atoms with Gasteiger partial charge in [0, 0.05) is 6.42 Å². The fourth-order valence-electron chi connectivity index (χ4n) is 2.42. The van der Waals surface area contributed by atoms with Gasteiger partial charge in [0.2, 0.25) is 0 Å². The van der Waals surface area contributed by atoms with Crippen LogP contribution in [0.5, 0.6) is 5.75 Å². The van der Waals surface area contributed by atoms with Crippen LogP contribution in [0.15, 0.2) is 18.2 Å². The van der Waals surface area contributed by atoms with Crippen molar-refractivity contribution >= 4 is 0 Å². The minimum atomic E-state index is -0.550. The number of hydrogen-bond donors (Lipinski definition) is 2. The Labute approximate surface area is 103 Å². The molecule has 0 spiro atoms. The SMILES string of the molecule is COc1cc(CC2(O)CCNCC2)ccc1C. The molecule has 1 aromatic carbocycles. The monoisotopic (exact) mass is 235 g/mol. The highest BCUT2D eigenvalue weighted by molar-refractivity contribution is 5.37. The Morgan fingerprint density at radius 2 is 2.06 bits per heavy atom. The van der Waals surface area contributed by atoms with Crippen molar-refractivity contribution in [3.05, 3.63) is 29.3 Å². The van der Waals surface area contributed by atoms with Gasteiger partial charge in [-0.2, -0.15) is 0 Å². The van der Waals surface area contributed by atoms with E-state index in [1.54, 1.807) is 7.11 Å². The second kappa shape index (κ2) is 5.07. The van der Waals surface area contributed by atoms with Crippen LogP contribution in [0.2, 0.25) is 0 Å². The number of hydrogen-bond acceptors (Lipinski definition) is 3. The van der Waals surface area contributed by atoms with Crippen molar-refractivity contribution in [2.45, 2.75) is 31.8 Å². The number of aryl methyl sites for hydroxylation is 1. The topological polar surface area (TPSA) is 41.5 Å². The molecule has 1 aromatic rings. The summed E-state index contributed by atoms with van der Waals surface area (Å²) in [6, 6.07) is 6.17. The highest BCUT2D eigenvalue weighted by Crippen LogP contribution is 2.26. The molecule has 1 aliphatic rings. The molecule has 0 amide bonds. The maximum Gasteiger partial charge on any atom is 0.122 e. The molecular weight excluding hydrogens is 214 g/mol. The summed E-state index contributed by atoms with van der Waals surface area (Å²) in [7, 11) is 1.69. The highest BCUT2D eigenvalue weighted by Gasteiger charge is 2.29. The standard InChI is InChI=1S/C14H21NO2/c1-11-3-4-12(9-13(11)17-2)10-14(16)5-7-15-8-6-14/h3-4,9,15-16H,5-8,10H2,1-2H3. The van der Waals surface area contributed by atoms with Gasteiger partial charge in [-0.05, 0) is 50.0 Å². The van der Waals surface area contributed by atoms with E-state index >= 15 is 0 Å². The maximum absolute atomic E-state index is 10.5. The van der Waals surface area contributed by atoms with E-state index < -0.39 is 5.60 Å². The third-order valence-corrected chi connectivity index (χ3v) is 3.54. The van der Waals surface area contributed by atoms with Crippen molar-refractivity contribution in [1.29, 1.82) is 0 Å². The Morgan fingerprint density at radius 3 is 2.71 bits per heavy atom. The summed E-state index contributed by atoms with van der Waals surface area (Å²) in [5.41, 5.74) is 1.73. The van der Waals surface area contributed by atoms with Crippen molar-refractivity contribution in [3.63, 3.8) is 0 Å². The molecule has 0 atom stereocenters. The number of rotatable bonds is 3. The molecule has 1 aliphatic heterocycles. The molecule has 94 valence electrons. The van der Waals surface area contributed by atoms with Crippen LogP contribution in [0.3, 0.4) is 0 Å². The maximum atomic E-state index is 10.5. The smallest absolute Gasteiger partial charge is 0.122 e. The second-order valence-corrected chi connectivity index (χ2v) is 4.96. The molecule has 0 saturated carbocycles. The molecule has 17 heavy (non-hydrogen) atoms. The molecule has 1 fully saturated rings. The summed E-state index contributed by atoms with van der Waals surface area (Å²) in [5, 5.41) is 13.7. The first-order valence-electron chi connectivity index (χ1n) is 6.20. The predicted molar refractivity (Wildman–Crippen MR) is 68.5 cm³/mol. The zero-order chi connectivity index (χ0) is 12.3. The lowest BCUT2D eigenvalue weighted by Crippen LogP contribution is -2.43. The van der Waals surface area contributed by atoms with E-state index in [1.165, 1.54) is 0 Å². The lowest BCUT2D eigenvalue weighted by molar-refractivity contribution is 0.0108. The van der Waals surface area contributed by atoms with Crippen LogP contribution in [0.25, 0.3) is 0 Å². The first-order valence-corrected chi connectivity index (χ1v) is 6.20. The third-order valence-electron chi connectivity index (χ3n) is 3.54. The Hall–Kier alpha value is -1.06. The van der Waals surface area contributed by atoms with Crippen molar-refractivity contribution in [2.75, 3.05) is 20.2 Å². The Balaban J connectivity index is 2.12. The lowest BCUT2D eigenvalue weighted by Gasteiger charge is -2.32. The zero-order valence-electron chi connectivity index (χ0n) is 10.6. The number of nitrogens with one attached hydrogen (secondary N) is 1. The lowest BCUT2D eigenvalue weighted by atomic mass is 9.86. The summed E-state index contributed by atoms with van der Waals surface area (Å²) in [6.07, 6.45) is 2.36. The molecule has 1 saturated heterocycles. The van der Waals surface area contributed by atoms with Gasteiger partial charge in [0.05, 0.1) is 12.7 Å². The van der Waals surface area contributed by atoms with Crippen molar-refractivity contribution < 1.29 is 9.84 Å². The molecular formula is C14H21NO2. The predicted octanol–water partition coefficient (Wildman–Crippen LogP) is 1.66. The molecule has 0 unspecified atom stereocenters. The van der Waals surface area contributed by atoms with Gasteiger partial charge in [0.25, 0.3) is 0 Å². The van der Waals surface area contributed by atoms with Crippen LogP contribution < -0.4 is 10.1 Å². The van der Waals surface area contributed by atoms with E-state index in [0.29, 0.717) is 6.42 Å². The molecule has 2 rings (SSSR count). The zero-order valence-corrected chi connectivity index (χ0v) is 10.6. The summed E-state index contributed by atoms with van der Waals surface area (Å²) in [6.45, 7) is 3.83. The molecule has 1 heterocycles. The van der Waals surface area contributed by atoms with Gasteiger partial charge in [0.15, 0.2) is 0 Å². The number of ether oxygens (including phenoxy) is 1. The average Bonchev–Trinajstić information content (AvgIpc) is 2.32. The molecule has 0 aromatic heterocycles.